The Morgan fingerprint density at radius 1 is 1.17 bits per heavy atom. The van der Waals surface area contributed by atoms with Crippen LogP contribution < -0.4 is 15.0 Å². The Bertz CT molecular complexity index is 1440. The van der Waals surface area contributed by atoms with Gasteiger partial charge in [-0.15, -0.1) is 0 Å². The zero-order valence-corrected chi connectivity index (χ0v) is 21.1. The Morgan fingerprint density at radius 2 is 2.00 bits per heavy atom. The molecule has 1 amide bonds. The molecule has 12 heteroatoms. The summed E-state index contributed by atoms with van der Waals surface area (Å²) in [6.45, 7) is 7.19. The molecule has 4 aromatic rings. The van der Waals surface area contributed by atoms with E-state index in [0.717, 1.165) is 11.3 Å². The molecule has 1 N–H and O–H groups in total. The molecular formula is C24H25ClN8O3. The highest BCUT2D eigenvalue weighted by molar-refractivity contribution is 6.32. The van der Waals surface area contributed by atoms with E-state index in [-0.39, 0.29) is 18.6 Å². The van der Waals surface area contributed by atoms with E-state index in [1.165, 1.54) is 6.20 Å². The van der Waals surface area contributed by atoms with Crippen LogP contribution in [0.2, 0.25) is 5.02 Å². The average Bonchev–Trinajstić information content (AvgIpc) is 3.21. The number of nitrogens with zero attached hydrogens (tertiary/aromatic N) is 7. The highest BCUT2D eigenvalue weighted by Gasteiger charge is 2.21. The van der Waals surface area contributed by atoms with Crippen molar-refractivity contribution in [3.63, 3.8) is 0 Å². The SMILES string of the molecule is COc1nc(-c2nc(Nc3ccc(N4CCOCC4=O)cn3)ncc2Cl)cc2c1nc(C)n2C(C)C. The van der Waals surface area contributed by atoms with Gasteiger partial charge in [-0.1, -0.05) is 11.6 Å². The van der Waals surface area contributed by atoms with Crippen LogP contribution in [0.5, 0.6) is 5.88 Å². The fourth-order valence-corrected chi connectivity index (χ4v) is 4.42. The van der Waals surface area contributed by atoms with Crippen molar-refractivity contribution in [3.05, 3.63) is 41.4 Å². The maximum atomic E-state index is 12.1. The number of ether oxygens (including phenoxy) is 2. The van der Waals surface area contributed by atoms with Gasteiger partial charge in [0.05, 0.1) is 48.0 Å². The van der Waals surface area contributed by atoms with Gasteiger partial charge in [0.25, 0.3) is 5.91 Å². The fourth-order valence-electron chi connectivity index (χ4n) is 4.23. The predicted molar refractivity (Wildman–Crippen MR) is 136 cm³/mol. The van der Waals surface area contributed by atoms with Gasteiger partial charge in [-0.05, 0) is 39.0 Å². The highest BCUT2D eigenvalue weighted by Crippen LogP contribution is 2.33. The third kappa shape index (κ3) is 4.42. The number of hydrogen-bond donors (Lipinski definition) is 1. The van der Waals surface area contributed by atoms with Gasteiger partial charge in [0.2, 0.25) is 11.8 Å². The van der Waals surface area contributed by atoms with Crippen molar-refractivity contribution >= 4 is 46.0 Å². The number of anilines is 3. The second kappa shape index (κ2) is 9.67. The standard InChI is InChI=1S/C24H25ClN8O3/c1-13(2)33-14(3)28-22-18(33)9-17(29-23(22)35-4)21-16(25)11-27-24(31-21)30-19-6-5-15(10-26-19)32-7-8-36-12-20(32)34/h5-6,9-11,13H,7-8,12H2,1-4H3,(H,26,27,30,31). The molecule has 0 spiro atoms. The summed E-state index contributed by atoms with van der Waals surface area (Å²) in [6.07, 6.45) is 3.13. The summed E-state index contributed by atoms with van der Waals surface area (Å²) in [6, 6.07) is 5.66. The van der Waals surface area contributed by atoms with E-state index in [2.05, 4.69) is 48.7 Å². The van der Waals surface area contributed by atoms with E-state index in [0.29, 0.717) is 58.4 Å². The molecular weight excluding hydrogens is 484 g/mol. The number of carbonyl (C=O) groups excluding carboxylic acids is 1. The number of amides is 1. The zero-order valence-electron chi connectivity index (χ0n) is 20.3. The van der Waals surface area contributed by atoms with Crippen LogP contribution in [0.3, 0.4) is 0 Å². The van der Waals surface area contributed by atoms with Crippen LogP contribution in [0.25, 0.3) is 22.4 Å². The number of halogens is 1. The van der Waals surface area contributed by atoms with Crippen LogP contribution in [0.15, 0.2) is 30.6 Å². The lowest BCUT2D eigenvalue weighted by atomic mass is 10.2. The molecule has 1 saturated heterocycles. The quantitative estimate of drug-likeness (QED) is 0.412. The van der Waals surface area contributed by atoms with Crippen LogP contribution in [0.4, 0.5) is 17.5 Å². The normalized spacial score (nSPS) is 14.1. The van der Waals surface area contributed by atoms with Crippen molar-refractivity contribution in [1.82, 2.24) is 29.5 Å². The number of morpholine rings is 1. The number of fused-ring (bicyclic) bond motifs is 1. The number of methoxy groups -OCH3 is 1. The minimum atomic E-state index is -0.0941. The van der Waals surface area contributed by atoms with Crippen LogP contribution in [-0.4, -0.2) is 62.3 Å². The maximum Gasteiger partial charge on any atom is 0.253 e. The molecule has 0 unspecified atom stereocenters. The van der Waals surface area contributed by atoms with Crippen LogP contribution in [0, 0.1) is 6.92 Å². The Kier molecular flexibility index (Phi) is 6.42. The monoisotopic (exact) mass is 508 g/mol. The molecule has 5 heterocycles. The van der Waals surface area contributed by atoms with Gasteiger partial charge in [-0.3, -0.25) is 4.79 Å². The van der Waals surface area contributed by atoms with Crippen molar-refractivity contribution in [1.29, 1.82) is 0 Å². The Balaban J connectivity index is 1.47. The van der Waals surface area contributed by atoms with Crippen LogP contribution in [0.1, 0.15) is 25.7 Å². The summed E-state index contributed by atoms with van der Waals surface area (Å²) in [4.78, 5) is 36.3. The van der Waals surface area contributed by atoms with Gasteiger partial charge in [-0.2, -0.15) is 0 Å². The number of pyridine rings is 2. The lowest BCUT2D eigenvalue weighted by Crippen LogP contribution is -2.41. The predicted octanol–water partition coefficient (Wildman–Crippen LogP) is 3.94. The summed E-state index contributed by atoms with van der Waals surface area (Å²) in [7, 11) is 1.56. The van der Waals surface area contributed by atoms with Gasteiger partial charge < -0.3 is 24.3 Å². The molecule has 1 aliphatic rings. The first-order valence-electron chi connectivity index (χ1n) is 11.4. The largest absolute Gasteiger partial charge is 0.479 e. The first-order chi connectivity index (χ1) is 17.4. The van der Waals surface area contributed by atoms with E-state index in [1.807, 2.05) is 19.1 Å². The van der Waals surface area contributed by atoms with Crippen molar-refractivity contribution in [2.75, 3.05) is 37.1 Å². The summed E-state index contributed by atoms with van der Waals surface area (Å²) < 4.78 is 12.8. The molecule has 1 fully saturated rings. The first kappa shape index (κ1) is 23.9. The highest BCUT2D eigenvalue weighted by atomic mass is 35.5. The zero-order chi connectivity index (χ0) is 25.4. The van der Waals surface area contributed by atoms with Crippen molar-refractivity contribution in [3.8, 4) is 17.3 Å². The lowest BCUT2D eigenvalue weighted by molar-refractivity contribution is -0.125. The molecule has 186 valence electrons. The van der Waals surface area contributed by atoms with Crippen molar-refractivity contribution in [2.45, 2.75) is 26.8 Å². The maximum absolute atomic E-state index is 12.1. The number of carbonyl (C=O) groups is 1. The average molecular weight is 509 g/mol. The second-order valence-corrected chi connectivity index (χ2v) is 8.93. The number of aromatic nitrogens is 6. The van der Waals surface area contributed by atoms with Crippen LogP contribution >= 0.6 is 11.6 Å². The summed E-state index contributed by atoms with van der Waals surface area (Å²) >= 11 is 6.49. The molecule has 0 aromatic carbocycles. The Morgan fingerprint density at radius 3 is 2.69 bits per heavy atom. The number of hydrogen-bond acceptors (Lipinski definition) is 9. The second-order valence-electron chi connectivity index (χ2n) is 8.52. The summed E-state index contributed by atoms with van der Waals surface area (Å²) in [5.74, 6) is 1.97. The number of rotatable bonds is 6. The molecule has 11 nitrogen and oxygen atoms in total. The number of imidazole rings is 1. The van der Waals surface area contributed by atoms with Crippen LogP contribution in [-0.2, 0) is 9.53 Å². The Hall–Kier alpha value is -3.83. The minimum Gasteiger partial charge on any atom is -0.479 e. The van der Waals surface area contributed by atoms with E-state index in [9.17, 15) is 4.79 Å². The molecule has 0 saturated carbocycles. The molecule has 0 atom stereocenters. The van der Waals surface area contributed by atoms with E-state index in [4.69, 9.17) is 21.1 Å². The summed E-state index contributed by atoms with van der Waals surface area (Å²) in [5.41, 5.74) is 3.24. The van der Waals surface area contributed by atoms with Gasteiger partial charge in [0.15, 0.2) is 5.52 Å². The molecule has 1 aliphatic heterocycles. The topological polar surface area (TPSA) is 120 Å². The van der Waals surface area contributed by atoms with E-state index >= 15 is 0 Å². The third-order valence-electron chi connectivity index (χ3n) is 5.80. The lowest BCUT2D eigenvalue weighted by Gasteiger charge is -2.26. The molecule has 0 bridgehead atoms. The number of nitrogens with one attached hydrogen (secondary N) is 1. The molecule has 5 rings (SSSR count). The van der Waals surface area contributed by atoms with E-state index < -0.39 is 0 Å². The molecule has 0 radical (unpaired) electrons. The third-order valence-corrected chi connectivity index (χ3v) is 6.08. The first-order valence-corrected chi connectivity index (χ1v) is 11.8. The molecule has 0 aliphatic carbocycles. The van der Waals surface area contributed by atoms with Crippen molar-refractivity contribution < 1.29 is 14.3 Å². The summed E-state index contributed by atoms with van der Waals surface area (Å²) in [5, 5.41) is 3.43. The molecule has 4 aromatic heterocycles. The van der Waals surface area contributed by atoms with Crippen molar-refractivity contribution in [2.24, 2.45) is 0 Å². The van der Waals surface area contributed by atoms with Gasteiger partial charge in [0, 0.05) is 12.6 Å². The number of aryl methyl sites for hydroxylation is 1. The van der Waals surface area contributed by atoms with Gasteiger partial charge in [-0.25, -0.2) is 24.9 Å². The van der Waals surface area contributed by atoms with Gasteiger partial charge in [0.1, 0.15) is 23.9 Å². The smallest absolute Gasteiger partial charge is 0.253 e. The molecule has 36 heavy (non-hydrogen) atoms. The van der Waals surface area contributed by atoms with Gasteiger partial charge >= 0.3 is 0 Å². The fraction of sp³-hybridized carbons (Fsp3) is 0.333. The van der Waals surface area contributed by atoms with E-state index in [1.54, 1.807) is 24.3 Å². The minimum absolute atomic E-state index is 0.0729. The Labute approximate surface area is 212 Å².